The Morgan fingerprint density at radius 3 is 2.95 bits per heavy atom. The van der Waals surface area contributed by atoms with Crippen molar-refractivity contribution >= 4 is 16.8 Å². The minimum atomic E-state index is -0.0428. The van der Waals surface area contributed by atoms with Crippen LogP contribution in [-0.2, 0) is 4.74 Å². The molecule has 0 bridgehead atoms. The van der Waals surface area contributed by atoms with Crippen LogP contribution >= 0.6 is 0 Å². The number of rotatable bonds is 5. The Hall–Kier alpha value is -1.81. The van der Waals surface area contributed by atoms with Crippen LogP contribution in [0.15, 0.2) is 30.5 Å². The molecule has 1 aliphatic carbocycles. The second-order valence-corrected chi connectivity index (χ2v) is 5.67. The smallest absolute Gasteiger partial charge is 0.251 e. The number of hydrogen-bond donors (Lipinski definition) is 2. The van der Waals surface area contributed by atoms with E-state index in [9.17, 15) is 4.79 Å². The molecule has 0 spiro atoms. The third-order valence-electron chi connectivity index (χ3n) is 4.11. The van der Waals surface area contributed by atoms with E-state index < -0.39 is 0 Å². The van der Waals surface area contributed by atoms with Crippen molar-refractivity contribution in [3.63, 3.8) is 0 Å². The molecule has 0 unspecified atom stereocenters. The Labute approximate surface area is 124 Å². The summed E-state index contributed by atoms with van der Waals surface area (Å²) in [5, 5.41) is 4.04. The first-order chi connectivity index (χ1) is 10.3. The third kappa shape index (κ3) is 3.64. The molecule has 1 fully saturated rings. The Morgan fingerprint density at radius 1 is 1.24 bits per heavy atom. The summed E-state index contributed by atoms with van der Waals surface area (Å²) < 4.78 is 5.81. The standard InChI is InChI=1S/C17H22N2O2/c20-17(14-7-6-13-8-9-18-16(13)12-14)19-10-11-21-15-4-2-1-3-5-15/h6-9,12,15,18H,1-5,10-11H2,(H,19,20). The van der Waals surface area contributed by atoms with Crippen LogP contribution in [0.2, 0.25) is 0 Å². The van der Waals surface area contributed by atoms with Crippen molar-refractivity contribution < 1.29 is 9.53 Å². The highest BCUT2D eigenvalue weighted by Crippen LogP contribution is 2.20. The number of carbonyl (C=O) groups is 1. The van der Waals surface area contributed by atoms with Crippen LogP contribution in [0.4, 0.5) is 0 Å². The molecular formula is C17H22N2O2. The van der Waals surface area contributed by atoms with Gasteiger partial charge in [0.2, 0.25) is 0 Å². The van der Waals surface area contributed by atoms with Gasteiger partial charge in [-0.15, -0.1) is 0 Å². The minimum Gasteiger partial charge on any atom is -0.376 e. The molecule has 0 saturated heterocycles. The van der Waals surface area contributed by atoms with E-state index in [2.05, 4.69) is 10.3 Å². The molecule has 4 nitrogen and oxygen atoms in total. The van der Waals surface area contributed by atoms with Crippen LogP contribution in [0.1, 0.15) is 42.5 Å². The summed E-state index contributed by atoms with van der Waals surface area (Å²) in [6.45, 7) is 1.17. The molecule has 3 rings (SSSR count). The Kier molecular flexibility index (Phi) is 4.55. The summed E-state index contributed by atoms with van der Waals surface area (Å²) in [6.07, 6.45) is 8.48. The Morgan fingerprint density at radius 2 is 2.10 bits per heavy atom. The van der Waals surface area contributed by atoms with Gasteiger partial charge in [-0.1, -0.05) is 25.3 Å². The SMILES string of the molecule is O=C(NCCOC1CCCCC1)c1ccc2cc[nH]c2c1. The predicted molar refractivity (Wildman–Crippen MR) is 83.5 cm³/mol. The first-order valence-electron chi connectivity index (χ1n) is 7.80. The molecule has 1 aromatic carbocycles. The Bertz CT molecular complexity index is 600. The van der Waals surface area contributed by atoms with Crippen molar-refractivity contribution in [2.45, 2.75) is 38.2 Å². The number of hydrogen-bond acceptors (Lipinski definition) is 2. The van der Waals surface area contributed by atoms with E-state index in [0.29, 0.717) is 24.8 Å². The maximum absolute atomic E-state index is 12.1. The lowest BCUT2D eigenvalue weighted by molar-refractivity contribution is 0.0299. The summed E-state index contributed by atoms with van der Waals surface area (Å²) in [7, 11) is 0. The number of nitrogens with one attached hydrogen (secondary N) is 2. The summed E-state index contributed by atoms with van der Waals surface area (Å²) in [5.41, 5.74) is 1.67. The van der Waals surface area contributed by atoms with Gasteiger partial charge in [0.15, 0.2) is 0 Å². The number of carbonyl (C=O) groups excluding carboxylic acids is 1. The number of aromatic amines is 1. The van der Waals surface area contributed by atoms with E-state index in [0.717, 1.165) is 23.7 Å². The maximum atomic E-state index is 12.1. The second kappa shape index (κ2) is 6.76. The molecule has 0 radical (unpaired) electrons. The molecule has 2 aromatic rings. The van der Waals surface area contributed by atoms with Gasteiger partial charge in [0.25, 0.3) is 5.91 Å². The van der Waals surface area contributed by atoms with Gasteiger partial charge in [-0.05, 0) is 36.4 Å². The van der Waals surface area contributed by atoms with Gasteiger partial charge in [0, 0.05) is 23.8 Å². The molecule has 4 heteroatoms. The average Bonchev–Trinajstić information content (AvgIpc) is 3.00. The van der Waals surface area contributed by atoms with E-state index in [1.54, 1.807) is 0 Å². The number of ether oxygens (including phenoxy) is 1. The van der Waals surface area contributed by atoms with Crippen LogP contribution < -0.4 is 5.32 Å². The molecule has 2 N–H and O–H groups in total. The van der Waals surface area contributed by atoms with Gasteiger partial charge >= 0.3 is 0 Å². The highest BCUT2D eigenvalue weighted by Gasteiger charge is 2.13. The van der Waals surface area contributed by atoms with Crippen LogP contribution in [-0.4, -0.2) is 30.1 Å². The highest BCUT2D eigenvalue weighted by molar-refractivity contribution is 5.97. The zero-order valence-corrected chi connectivity index (χ0v) is 12.2. The topological polar surface area (TPSA) is 54.1 Å². The number of benzene rings is 1. The van der Waals surface area contributed by atoms with Gasteiger partial charge in [-0.3, -0.25) is 4.79 Å². The molecule has 21 heavy (non-hydrogen) atoms. The number of aromatic nitrogens is 1. The maximum Gasteiger partial charge on any atom is 0.251 e. The molecule has 1 heterocycles. The average molecular weight is 286 g/mol. The van der Waals surface area contributed by atoms with Crippen LogP contribution in [0, 0.1) is 0 Å². The summed E-state index contributed by atoms with van der Waals surface area (Å²) in [5.74, 6) is -0.0428. The fourth-order valence-corrected chi connectivity index (χ4v) is 2.91. The first kappa shape index (κ1) is 14.1. The predicted octanol–water partition coefficient (Wildman–Crippen LogP) is 3.25. The van der Waals surface area contributed by atoms with E-state index in [1.165, 1.54) is 19.3 Å². The Balaban J connectivity index is 1.45. The van der Waals surface area contributed by atoms with Gasteiger partial charge in [0.1, 0.15) is 0 Å². The lowest BCUT2D eigenvalue weighted by Gasteiger charge is -2.21. The largest absolute Gasteiger partial charge is 0.376 e. The van der Waals surface area contributed by atoms with Gasteiger partial charge in [-0.2, -0.15) is 0 Å². The van der Waals surface area contributed by atoms with Crippen molar-refractivity contribution in [3.05, 3.63) is 36.0 Å². The molecule has 1 aromatic heterocycles. The van der Waals surface area contributed by atoms with Crippen molar-refractivity contribution in [2.24, 2.45) is 0 Å². The fraction of sp³-hybridized carbons (Fsp3) is 0.471. The van der Waals surface area contributed by atoms with Crippen molar-refractivity contribution in [1.82, 2.24) is 10.3 Å². The first-order valence-corrected chi connectivity index (χ1v) is 7.80. The van der Waals surface area contributed by atoms with Gasteiger partial charge in [-0.25, -0.2) is 0 Å². The lowest BCUT2D eigenvalue weighted by Crippen LogP contribution is -2.29. The number of H-pyrrole nitrogens is 1. The summed E-state index contributed by atoms with van der Waals surface area (Å²) in [4.78, 5) is 15.2. The molecule has 1 amide bonds. The van der Waals surface area contributed by atoms with Crippen molar-refractivity contribution in [3.8, 4) is 0 Å². The van der Waals surface area contributed by atoms with E-state index in [-0.39, 0.29) is 5.91 Å². The summed E-state index contributed by atoms with van der Waals surface area (Å²) in [6, 6.07) is 7.69. The minimum absolute atomic E-state index is 0.0428. The zero-order valence-electron chi connectivity index (χ0n) is 12.2. The van der Waals surface area contributed by atoms with E-state index in [1.807, 2.05) is 30.5 Å². The van der Waals surface area contributed by atoms with Crippen LogP contribution in [0.25, 0.3) is 10.9 Å². The van der Waals surface area contributed by atoms with Gasteiger partial charge in [0.05, 0.1) is 12.7 Å². The normalized spacial score (nSPS) is 16.2. The summed E-state index contributed by atoms with van der Waals surface area (Å²) >= 11 is 0. The van der Waals surface area contributed by atoms with Crippen molar-refractivity contribution in [1.29, 1.82) is 0 Å². The van der Waals surface area contributed by atoms with Crippen molar-refractivity contribution in [2.75, 3.05) is 13.2 Å². The lowest BCUT2D eigenvalue weighted by atomic mass is 9.98. The second-order valence-electron chi connectivity index (χ2n) is 5.67. The third-order valence-corrected chi connectivity index (χ3v) is 4.11. The molecule has 1 aliphatic rings. The fourth-order valence-electron chi connectivity index (χ4n) is 2.91. The number of fused-ring (bicyclic) bond motifs is 1. The molecular weight excluding hydrogens is 264 g/mol. The quantitative estimate of drug-likeness (QED) is 0.829. The van der Waals surface area contributed by atoms with Crippen LogP contribution in [0.5, 0.6) is 0 Å². The monoisotopic (exact) mass is 286 g/mol. The highest BCUT2D eigenvalue weighted by atomic mass is 16.5. The zero-order chi connectivity index (χ0) is 14.5. The van der Waals surface area contributed by atoms with Gasteiger partial charge < -0.3 is 15.0 Å². The van der Waals surface area contributed by atoms with E-state index in [4.69, 9.17) is 4.74 Å². The van der Waals surface area contributed by atoms with E-state index >= 15 is 0 Å². The molecule has 1 saturated carbocycles. The molecule has 0 atom stereocenters. The molecule has 112 valence electrons. The van der Waals surface area contributed by atoms with Crippen LogP contribution in [0.3, 0.4) is 0 Å². The number of amides is 1. The molecule has 0 aliphatic heterocycles.